The number of hydrazone groups is 1. The first-order valence-corrected chi connectivity index (χ1v) is 8.83. The van der Waals surface area contributed by atoms with Crippen molar-refractivity contribution in [3.05, 3.63) is 53.6 Å². The lowest BCUT2D eigenvalue weighted by atomic mass is 10.1. The summed E-state index contributed by atoms with van der Waals surface area (Å²) in [6.07, 6.45) is 1.74. The Kier molecular flexibility index (Phi) is 4.47. The fourth-order valence-corrected chi connectivity index (χ4v) is 3.49. The molecule has 0 radical (unpaired) electrons. The van der Waals surface area contributed by atoms with Crippen molar-refractivity contribution >= 4 is 23.1 Å². The van der Waals surface area contributed by atoms with Gasteiger partial charge in [-0.2, -0.15) is 5.10 Å². The maximum Gasteiger partial charge on any atom is 0.231 e. The summed E-state index contributed by atoms with van der Waals surface area (Å²) < 4.78 is 15.8. The van der Waals surface area contributed by atoms with E-state index < -0.39 is 0 Å². The standard InChI is InChI=1S/C18H17N3O3S/c1-22-14-5-3-13(4-6-14)15-10-25-18(20-15)21-19-9-12-2-7-16-17(8-12)24-11-23-16/h2-9,15H,10-11H2,1H3,(H,20,21)/b19-9+. The molecule has 1 N–H and O–H groups in total. The molecule has 0 aliphatic carbocycles. The summed E-state index contributed by atoms with van der Waals surface area (Å²) in [4.78, 5) is 4.67. The van der Waals surface area contributed by atoms with Crippen LogP contribution in [0.2, 0.25) is 0 Å². The van der Waals surface area contributed by atoms with Crippen molar-refractivity contribution in [2.45, 2.75) is 6.04 Å². The highest BCUT2D eigenvalue weighted by molar-refractivity contribution is 8.14. The number of aliphatic imine (C=N–C) groups is 1. The van der Waals surface area contributed by atoms with Gasteiger partial charge in [0.2, 0.25) is 6.79 Å². The third-order valence-corrected chi connectivity index (χ3v) is 4.87. The fraction of sp³-hybridized carbons (Fsp3) is 0.222. The van der Waals surface area contributed by atoms with E-state index in [9.17, 15) is 0 Å². The van der Waals surface area contributed by atoms with E-state index in [0.29, 0.717) is 0 Å². The molecule has 0 aromatic heterocycles. The van der Waals surface area contributed by atoms with Gasteiger partial charge in [-0.05, 0) is 41.5 Å². The van der Waals surface area contributed by atoms with E-state index in [1.54, 1.807) is 25.1 Å². The Labute approximate surface area is 149 Å². The highest BCUT2D eigenvalue weighted by atomic mass is 32.2. The molecule has 128 valence electrons. The third-order valence-electron chi connectivity index (χ3n) is 3.92. The van der Waals surface area contributed by atoms with Gasteiger partial charge in [-0.1, -0.05) is 23.9 Å². The first kappa shape index (κ1) is 15.8. The van der Waals surface area contributed by atoms with Gasteiger partial charge in [-0.15, -0.1) is 0 Å². The van der Waals surface area contributed by atoms with Crippen molar-refractivity contribution in [1.82, 2.24) is 5.43 Å². The minimum absolute atomic E-state index is 0.138. The van der Waals surface area contributed by atoms with Crippen LogP contribution in [0.25, 0.3) is 0 Å². The number of hydrogen-bond donors (Lipinski definition) is 1. The van der Waals surface area contributed by atoms with Crippen LogP contribution in [0.4, 0.5) is 0 Å². The molecule has 2 aliphatic heterocycles. The van der Waals surface area contributed by atoms with E-state index in [2.05, 4.69) is 15.5 Å². The second-order valence-electron chi connectivity index (χ2n) is 5.52. The molecule has 2 heterocycles. The van der Waals surface area contributed by atoms with Crippen LogP contribution in [0.5, 0.6) is 17.2 Å². The molecule has 1 unspecified atom stereocenters. The van der Waals surface area contributed by atoms with Gasteiger partial charge >= 0.3 is 0 Å². The number of rotatable bonds is 4. The summed E-state index contributed by atoms with van der Waals surface area (Å²) in [6.45, 7) is 0.272. The van der Waals surface area contributed by atoms with Crippen LogP contribution in [-0.2, 0) is 0 Å². The molecule has 25 heavy (non-hydrogen) atoms. The lowest BCUT2D eigenvalue weighted by Gasteiger charge is -2.06. The highest BCUT2D eigenvalue weighted by Crippen LogP contribution is 2.32. The number of ether oxygens (including phenoxy) is 3. The van der Waals surface area contributed by atoms with Crippen LogP contribution >= 0.6 is 11.8 Å². The number of amidine groups is 1. The van der Waals surface area contributed by atoms with Crippen molar-refractivity contribution in [1.29, 1.82) is 0 Å². The zero-order chi connectivity index (χ0) is 17.1. The van der Waals surface area contributed by atoms with Gasteiger partial charge in [-0.3, -0.25) is 10.4 Å². The molecular weight excluding hydrogens is 338 g/mol. The lowest BCUT2D eigenvalue weighted by molar-refractivity contribution is 0.174. The highest BCUT2D eigenvalue weighted by Gasteiger charge is 2.19. The molecule has 0 spiro atoms. The Bertz CT molecular complexity index is 821. The zero-order valence-electron chi connectivity index (χ0n) is 13.6. The van der Waals surface area contributed by atoms with Crippen molar-refractivity contribution in [3.63, 3.8) is 0 Å². The van der Waals surface area contributed by atoms with Gasteiger partial charge in [0.05, 0.1) is 19.4 Å². The van der Waals surface area contributed by atoms with Crippen LogP contribution in [0.1, 0.15) is 17.2 Å². The molecule has 7 heteroatoms. The van der Waals surface area contributed by atoms with Crippen LogP contribution < -0.4 is 19.6 Å². The maximum atomic E-state index is 5.36. The number of methoxy groups -OCH3 is 1. The number of fused-ring (bicyclic) bond motifs is 1. The molecule has 1 atom stereocenters. The van der Waals surface area contributed by atoms with Gasteiger partial charge in [0.25, 0.3) is 0 Å². The molecular formula is C18H17N3O3S. The zero-order valence-corrected chi connectivity index (χ0v) is 14.5. The van der Waals surface area contributed by atoms with Crippen LogP contribution in [0.3, 0.4) is 0 Å². The minimum Gasteiger partial charge on any atom is -0.497 e. The lowest BCUT2D eigenvalue weighted by Crippen LogP contribution is -2.11. The smallest absolute Gasteiger partial charge is 0.231 e. The van der Waals surface area contributed by atoms with Crippen LogP contribution in [0.15, 0.2) is 52.6 Å². The minimum atomic E-state index is 0.138. The largest absolute Gasteiger partial charge is 0.497 e. The Morgan fingerprint density at radius 3 is 2.88 bits per heavy atom. The maximum absolute atomic E-state index is 5.36. The Morgan fingerprint density at radius 2 is 2.04 bits per heavy atom. The second kappa shape index (κ2) is 7.06. The molecule has 6 nitrogen and oxygen atoms in total. The normalized spacial score (nSPS) is 18.4. The fourth-order valence-electron chi connectivity index (χ4n) is 2.59. The monoisotopic (exact) mass is 355 g/mol. The third kappa shape index (κ3) is 3.56. The Balaban J connectivity index is 1.38. The van der Waals surface area contributed by atoms with Crippen molar-refractivity contribution in [2.75, 3.05) is 19.7 Å². The quantitative estimate of drug-likeness (QED) is 0.674. The predicted molar refractivity (Wildman–Crippen MR) is 98.9 cm³/mol. The topological polar surface area (TPSA) is 64.4 Å². The molecule has 0 bridgehead atoms. The van der Waals surface area contributed by atoms with E-state index in [4.69, 9.17) is 14.2 Å². The second-order valence-corrected chi connectivity index (χ2v) is 6.53. The van der Waals surface area contributed by atoms with Gasteiger partial charge < -0.3 is 14.2 Å². The van der Waals surface area contributed by atoms with Crippen LogP contribution in [-0.4, -0.2) is 31.0 Å². The number of benzene rings is 2. The summed E-state index contributed by atoms with van der Waals surface area (Å²) >= 11 is 1.66. The van der Waals surface area contributed by atoms with Gasteiger partial charge in [0, 0.05) is 5.75 Å². The van der Waals surface area contributed by atoms with E-state index in [1.165, 1.54) is 5.56 Å². The van der Waals surface area contributed by atoms with E-state index in [-0.39, 0.29) is 12.8 Å². The summed E-state index contributed by atoms with van der Waals surface area (Å²) in [5, 5.41) is 5.08. The Morgan fingerprint density at radius 1 is 1.20 bits per heavy atom. The molecule has 0 fully saturated rings. The summed E-state index contributed by atoms with van der Waals surface area (Å²) in [7, 11) is 1.67. The van der Waals surface area contributed by atoms with Gasteiger partial charge in [0.15, 0.2) is 16.7 Å². The Hall–Kier alpha value is -2.67. The molecule has 2 aliphatic rings. The summed E-state index contributed by atoms with van der Waals surface area (Å²) in [5.41, 5.74) is 5.11. The average Bonchev–Trinajstić information content (AvgIpc) is 3.31. The molecule has 0 saturated heterocycles. The van der Waals surface area contributed by atoms with E-state index in [0.717, 1.165) is 33.7 Å². The van der Waals surface area contributed by atoms with Crippen LogP contribution in [0, 0.1) is 0 Å². The molecule has 2 aromatic rings. The molecule has 0 amide bonds. The first-order valence-electron chi connectivity index (χ1n) is 7.85. The number of thioether (sulfide) groups is 1. The summed E-state index contributed by atoms with van der Waals surface area (Å²) in [6, 6.07) is 13.9. The van der Waals surface area contributed by atoms with Gasteiger partial charge in [-0.25, -0.2) is 0 Å². The van der Waals surface area contributed by atoms with E-state index in [1.807, 2.05) is 42.5 Å². The average molecular weight is 355 g/mol. The van der Waals surface area contributed by atoms with E-state index >= 15 is 0 Å². The van der Waals surface area contributed by atoms with Gasteiger partial charge in [0.1, 0.15) is 5.75 Å². The molecule has 2 aromatic carbocycles. The first-order chi connectivity index (χ1) is 12.3. The molecule has 0 saturated carbocycles. The predicted octanol–water partition coefficient (Wildman–Crippen LogP) is 3.19. The molecule has 4 rings (SSSR count). The SMILES string of the molecule is COc1ccc(C2CSC(N/N=C/c3ccc4c(c3)OCO4)=N2)cc1. The number of hydrogen-bond acceptors (Lipinski definition) is 7. The number of nitrogens with zero attached hydrogens (tertiary/aromatic N) is 2. The number of nitrogens with one attached hydrogen (secondary N) is 1. The van der Waals surface area contributed by atoms with Crippen molar-refractivity contribution < 1.29 is 14.2 Å². The van der Waals surface area contributed by atoms with Crippen molar-refractivity contribution in [3.8, 4) is 17.2 Å². The summed E-state index contributed by atoms with van der Waals surface area (Å²) in [5.74, 6) is 3.26. The van der Waals surface area contributed by atoms with Crippen molar-refractivity contribution in [2.24, 2.45) is 10.1 Å².